The van der Waals surface area contributed by atoms with Crippen molar-refractivity contribution in [1.82, 2.24) is 10.2 Å². The molecular formula is C25H34BrN3O4S. The smallest absolute Gasteiger partial charge is 0.244 e. The summed E-state index contributed by atoms with van der Waals surface area (Å²) in [5.74, 6) is -0.727. The van der Waals surface area contributed by atoms with Gasteiger partial charge >= 0.3 is 0 Å². The standard InChI is InChI=1S/C25H34BrN3O4S/c1-7-22(24(31)27-25(3,4)5)28(16-19-10-8-18(2)9-11-19)23(30)17-29(34(6,32)33)21-14-12-20(26)13-15-21/h8-15,22H,7,16-17H2,1-6H3,(H,27,31)/t22-/m1/s1. The van der Waals surface area contributed by atoms with Crippen LogP contribution in [0.3, 0.4) is 0 Å². The van der Waals surface area contributed by atoms with Gasteiger partial charge in [-0.25, -0.2) is 8.42 Å². The molecule has 1 N–H and O–H groups in total. The summed E-state index contributed by atoms with van der Waals surface area (Å²) >= 11 is 3.34. The normalized spacial score (nSPS) is 12.7. The van der Waals surface area contributed by atoms with E-state index in [2.05, 4.69) is 21.2 Å². The highest BCUT2D eigenvalue weighted by Gasteiger charge is 2.33. The molecule has 1 atom stereocenters. The van der Waals surface area contributed by atoms with Crippen molar-refractivity contribution < 1.29 is 18.0 Å². The zero-order valence-corrected chi connectivity index (χ0v) is 23.0. The van der Waals surface area contributed by atoms with Crippen molar-refractivity contribution in [1.29, 1.82) is 0 Å². The molecule has 2 amide bonds. The number of sulfonamides is 1. The van der Waals surface area contributed by atoms with Crippen molar-refractivity contribution in [3.8, 4) is 0 Å². The Morgan fingerprint density at radius 1 is 1.03 bits per heavy atom. The van der Waals surface area contributed by atoms with Crippen molar-refractivity contribution in [2.24, 2.45) is 0 Å². The SMILES string of the molecule is CC[C@H](C(=O)NC(C)(C)C)N(Cc1ccc(C)cc1)C(=O)CN(c1ccc(Br)cc1)S(C)(=O)=O. The van der Waals surface area contributed by atoms with E-state index in [1.54, 1.807) is 24.3 Å². The first-order chi connectivity index (χ1) is 15.7. The second-order valence-corrected chi connectivity index (χ2v) is 12.2. The van der Waals surface area contributed by atoms with Crippen LogP contribution in [-0.4, -0.2) is 49.5 Å². The van der Waals surface area contributed by atoms with Gasteiger partial charge in [-0.15, -0.1) is 0 Å². The predicted molar refractivity (Wildman–Crippen MR) is 140 cm³/mol. The number of anilines is 1. The summed E-state index contributed by atoms with van der Waals surface area (Å²) in [6.45, 7) is 9.22. The van der Waals surface area contributed by atoms with Crippen LogP contribution in [-0.2, 0) is 26.2 Å². The molecule has 7 nitrogen and oxygen atoms in total. The van der Waals surface area contributed by atoms with Gasteiger partial charge in [0, 0.05) is 16.6 Å². The largest absolute Gasteiger partial charge is 0.350 e. The Labute approximate surface area is 211 Å². The number of benzene rings is 2. The third-order valence-electron chi connectivity index (χ3n) is 5.15. The number of rotatable bonds is 9. The molecule has 0 heterocycles. The summed E-state index contributed by atoms with van der Waals surface area (Å²) in [6.07, 6.45) is 1.45. The van der Waals surface area contributed by atoms with Crippen molar-refractivity contribution >= 4 is 43.5 Å². The summed E-state index contributed by atoms with van der Waals surface area (Å²) < 4.78 is 27.1. The van der Waals surface area contributed by atoms with Crippen LogP contribution in [0.5, 0.6) is 0 Å². The number of hydrogen-bond donors (Lipinski definition) is 1. The van der Waals surface area contributed by atoms with Crippen molar-refractivity contribution in [3.63, 3.8) is 0 Å². The van der Waals surface area contributed by atoms with E-state index in [1.807, 2.05) is 58.9 Å². The molecule has 0 unspecified atom stereocenters. The van der Waals surface area contributed by atoms with E-state index in [0.29, 0.717) is 12.1 Å². The molecule has 0 fully saturated rings. The van der Waals surface area contributed by atoms with Gasteiger partial charge in [0.2, 0.25) is 21.8 Å². The number of carbonyl (C=O) groups is 2. The van der Waals surface area contributed by atoms with E-state index in [0.717, 1.165) is 26.2 Å². The number of aryl methyl sites for hydroxylation is 1. The van der Waals surface area contributed by atoms with Gasteiger partial charge in [0.05, 0.1) is 11.9 Å². The minimum atomic E-state index is -3.75. The average molecular weight is 553 g/mol. The fraction of sp³-hybridized carbons (Fsp3) is 0.440. The number of hydrogen-bond acceptors (Lipinski definition) is 4. The number of amides is 2. The number of nitrogens with one attached hydrogen (secondary N) is 1. The molecule has 0 saturated heterocycles. The lowest BCUT2D eigenvalue weighted by Gasteiger charge is -2.34. The van der Waals surface area contributed by atoms with Crippen LogP contribution in [0.2, 0.25) is 0 Å². The molecule has 0 aliphatic rings. The maximum absolute atomic E-state index is 13.6. The van der Waals surface area contributed by atoms with Gasteiger partial charge in [-0.1, -0.05) is 52.7 Å². The second kappa shape index (κ2) is 11.4. The molecule has 2 aromatic carbocycles. The van der Waals surface area contributed by atoms with E-state index in [1.165, 1.54) is 4.90 Å². The van der Waals surface area contributed by atoms with Crippen LogP contribution in [0, 0.1) is 6.92 Å². The molecule has 0 saturated carbocycles. The molecule has 0 aliphatic carbocycles. The Balaban J connectivity index is 2.43. The number of halogens is 1. The van der Waals surface area contributed by atoms with Gasteiger partial charge in [-0.05, 0) is 63.9 Å². The van der Waals surface area contributed by atoms with Gasteiger partial charge < -0.3 is 10.2 Å². The topological polar surface area (TPSA) is 86.8 Å². The Morgan fingerprint density at radius 2 is 1.59 bits per heavy atom. The summed E-state index contributed by atoms with van der Waals surface area (Å²) in [5, 5.41) is 2.95. The molecular weight excluding hydrogens is 518 g/mol. The summed E-state index contributed by atoms with van der Waals surface area (Å²) in [5.41, 5.74) is 1.84. The Bertz CT molecular complexity index is 1090. The van der Waals surface area contributed by atoms with Gasteiger partial charge in [0.1, 0.15) is 12.6 Å². The van der Waals surface area contributed by atoms with Gasteiger partial charge in [0.25, 0.3) is 0 Å². The molecule has 0 radical (unpaired) electrons. The maximum Gasteiger partial charge on any atom is 0.244 e. The van der Waals surface area contributed by atoms with E-state index in [-0.39, 0.29) is 12.5 Å². The summed E-state index contributed by atoms with van der Waals surface area (Å²) in [4.78, 5) is 28.2. The van der Waals surface area contributed by atoms with Gasteiger partial charge in [-0.2, -0.15) is 0 Å². The minimum Gasteiger partial charge on any atom is -0.350 e. The Kier molecular flexibility index (Phi) is 9.30. The molecule has 0 aromatic heterocycles. The molecule has 0 spiro atoms. The zero-order chi connectivity index (χ0) is 25.7. The maximum atomic E-state index is 13.6. The van der Waals surface area contributed by atoms with E-state index >= 15 is 0 Å². The van der Waals surface area contributed by atoms with E-state index < -0.39 is 34.1 Å². The van der Waals surface area contributed by atoms with Crippen LogP contribution in [0.4, 0.5) is 5.69 Å². The second-order valence-electron chi connectivity index (χ2n) is 9.42. The fourth-order valence-electron chi connectivity index (χ4n) is 3.48. The molecule has 34 heavy (non-hydrogen) atoms. The highest BCUT2D eigenvalue weighted by atomic mass is 79.9. The molecule has 2 rings (SSSR count). The van der Waals surface area contributed by atoms with Gasteiger partial charge in [0.15, 0.2) is 0 Å². The molecule has 186 valence electrons. The van der Waals surface area contributed by atoms with Crippen LogP contribution in [0.1, 0.15) is 45.2 Å². The number of nitrogens with zero attached hydrogens (tertiary/aromatic N) is 2. The minimum absolute atomic E-state index is 0.188. The highest BCUT2D eigenvalue weighted by molar-refractivity contribution is 9.10. The summed E-state index contributed by atoms with van der Waals surface area (Å²) in [7, 11) is -3.75. The lowest BCUT2D eigenvalue weighted by molar-refractivity contribution is -0.141. The molecule has 2 aromatic rings. The fourth-order valence-corrected chi connectivity index (χ4v) is 4.60. The van der Waals surface area contributed by atoms with E-state index in [4.69, 9.17) is 0 Å². The zero-order valence-electron chi connectivity index (χ0n) is 20.6. The third kappa shape index (κ3) is 8.13. The quantitative estimate of drug-likeness (QED) is 0.504. The Morgan fingerprint density at radius 3 is 2.06 bits per heavy atom. The number of carbonyl (C=O) groups excluding carboxylic acids is 2. The van der Waals surface area contributed by atoms with Crippen molar-refractivity contribution in [2.45, 2.75) is 59.2 Å². The molecule has 0 bridgehead atoms. The van der Waals surface area contributed by atoms with Crippen LogP contribution in [0.15, 0.2) is 53.0 Å². The first kappa shape index (κ1) is 27.9. The first-order valence-electron chi connectivity index (χ1n) is 11.1. The predicted octanol–water partition coefficient (Wildman–Crippen LogP) is 4.25. The summed E-state index contributed by atoms with van der Waals surface area (Å²) in [6, 6.07) is 13.6. The molecule has 9 heteroatoms. The Hall–Kier alpha value is -2.39. The first-order valence-corrected chi connectivity index (χ1v) is 13.8. The monoisotopic (exact) mass is 551 g/mol. The van der Waals surface area contributed by atoms with Crippen LogP contribution < -0.4 is 9.62 Å². The van der Waals surface area contributed by atoms with Crippen LogP contribution >= 0.6 is 15.9 Å². The lowest BCUT2D eigenvalue weighted by Crippen LogP contribution is -2.55. The molecule has 0 aliphatic heterocycles. The lowest BCUT2D eigenvalue weighted by atomic mass is 10.1. The van der Waals surface area contributed by atoms with E-state index in [9.17, 15) is 18.0 Å². The average Bonchev–Trinajstić information content (AvgIpc) is 2.72. The van der Waals surface area contributed by atoms with Gasteiger partial charge in [-0.3, -0.25) is 13.9 Å². The van der Waals surface area contributed by atoms with Crippen LogP contribution in [0.25, 0.3) is 0 Å². The highest BCUT2D eigenvalue weighted by Crippen LogP contribution is 2.22. The third-order valence-corrected chi connectivity index (χ3v) is 6.82. The van der Waals surface area contributed by atoms with Crippen molar-refractivity contribution in [3.05, 3.63) is 64.1 Å². The van der Waals surface area contributed by atoms with Crippen molar-refractivity contribution in [2.75, 3.05) is 17.1 Å².